The largest absolute Gasteiger partial charge is 0.313 e. The molecule has 0 spiro atoms. The maximum Gasteiger partial charge on any atom is 0.0248 e. The lowest BCUT2D eigenvalue weighted by Crippen LogP contribution is -2.52. The van der Waals surface area contributed by atoms with Crippen molar-refractivity contribution >= 4 is 0 Å². The first-order chi connectivity index (χ1) is 8.19. The summed E-state index contributed by atoms with van der Waals surface area (Å²) in [6.07, 6.45) is 8.19. The normalized spacial score (nSPS) is 29.8. The molecular weight excluding hydrogens is 208 g/mol. The minimum absolute atomic E-state index is 0.725. The maximum atomic E-state index is 3.68. The van der Waals surface area contributed by atoms with Gasteiger partial charge in [-0.05, 0) is 51.7 Å². The van der Waals surface area contributed by atoms with E-state index in [1.54, 1.807) is 0 Å². The van der Waals surface area contributed by atoms with E-state index in [9.17, 15) is 0 Å². The molecular formula is C15H32N2. The Balaban J connectivity index is 2.43. The van der Waals surface area contributed by atoms with E-state index in [1.165, 1.54) is 45.1 Å². The zero-order valence-corrected chi connectivity index (χ0v) is 12.3. The van der Waals surface area contributed by atoms with Gasteiger partial charge in [0.15, 0.2) is 0 Å². The van der Waals surface area contributed by atoms with Gasteiger partial charge in [0, 0.05) is 12.1 Å². The monoisotopic (exact) mass is 240 g/mol. The lowest BCUT2D eigenvalue weighted by atomic mass is 9.82. The van der Waals surface area contributed by atoms with Crippen LogP contribution in [-0.4, -0.2) is 37.1 Å². The quantitative estimate of drug-likeness (QED) is 0.687. The summed E-state index contributed by atoms with van der Waals surface area (Å²) in [5.41, 5.74) is 0. The van der Waals surface area contributed by atoms with Crippen molar-refractivity contribution in [2.24, 2.45) is 5.92 Å². The Bertz CT molecular complexity index is 193. The summed E-state index contributed by atoms with van der Waals surface area (Å²) in [5, 5.41) is 3.68. The van der Waals surface area contributed by atoms with Crippen molar-refractivity contribution in [1.29, 1.82) is 0 Å². The highest BCUT2D eigenvalue weighted by atomic mass is 15.2. The van der Waals surface area contributed by atoms with Crippen LogP contribution in [0.2, 0.25) is 0 Å². The fraction of sp³-hybridized carbons (Fsp3) is 1.00. The summed E-state index contributed by atoms with van der Waals surface area (Å²) in [6.45, 7) is 9.30. The minimum atomic E-state index is 0.725. The number of likely N-dealkylation sites (N-methyl/N-ethyl adjacent to an activating group) is 2. The van der Waals surface area contributed by atoms with Crippen molar-refractivity contribution in [1.82, 2.24) is 10.2 Å². The molecule has 1 rings (SSSR count). The molecule has 0 aliphatic heterocycles. The SMILES string of the molecule is CCCCCN(C)C1CC(C)CCC1NCC. The smallest absolute Gasteiger partial charge is 0.0248 e. The molecule has 0 radical (unpaired) electrons. The molecule has 3 unspecified atom stereocenters. The van der Waals surface area contributed by atoms with Crippen LogP contribution in [0, 0.1) is 5.92 Å². The second-order valence-electron chi connectivity index (χ2n) is 5.84. The van der Waals surface area contributed by atoms with Gasteiger partial charge in [-0.15, -0.1) is 0 Å². The van der Waals surface area contributed by atoms with Crippen LogP contribution in [0.3, 0.4) is 0 Å². The Morgan fingerprint density at radius 2 is 1.94 bits per heavy atom. The van der Waals surface area contributed by atoms with E-state index >= 15 is 0 Å². The predicted octanol–water partition coefficient (Wildman–Crippen LogP) is 3.28. The molecule has 0 aromatic heterocycles. The zero-order valence-electron chi connectivity index (χ0n) is 12.3. The van der Waals surface area contributed by atoms with Gasteiger partial charge >= 0.3 is 0 Å². The second kappa shape index (κ2) is 8.10. The standard InChI is InChI=1S/C15H32N2/c1-5-7-8-11-17(4)15-12-13(3)9-10-14(15)16-6-2/h13-16H,5-12H2,1-4H3. The fourth-order valence-electron chi connectivity index (χ4n) is 3.12. The Kier molecular flexibility index (Phi) is 7.14. The van der Waals surface area contributed by atoms with Gasteiger partial charge in [-0.3, -0.25) is 0 Å². The Morgan fingerprint density at radius 1 is 1.18 bits per heavy atom. The Morgan fingerprint density at radius 3 is 2.59 bits per heavy atom. The van der Waals surface area contributed by atoms with Gasteiger partial charge in [-0.1, -0.05) is 33.6 Å². The molecule has 0 aromatic carbocycles. The van der Waals surface area contributed by atoms with Crippen LogP contribution in [0.15, 0.2) is 0 Å². The van der Waals surface area contributed by atoms with Crippen LogP contribution < -0.4 is 5.32 Å². The first-order valence-corrected chi connectivity index (χ1v) is 7.62. The van der Waals surface area contributed by atoms with Crippen molar-refractivity contribution in [2.75, 3.05) is 20.1 Å². The molecule has 0 saturated heterocycles. The van der Waals surface area contributed by atoms with Crippen LogP contribution in [0.5, 0.6) is 0 Å². The van der Waals surface area contributed by atoms with Gasteiger partial charge in [0.25, 0.3) is 0 Å². The first kappa shape index (κ1) is 15.0. The highest BCUT2D eigenvalue weighted by molar-refractivity contribution is 4.89. The van der Waals surface area contributed by atoms with Crippen LogP contribution >= 0.6 is 0 Å². The Labute approximate surface area is 108 Å². The van der Waals surface area contributed by atoms with Crippen molar-refractivity contribution in [3.05, 3.63) is 0 Å². The van der Waals surface area contributed by atoms with E-state index in [4.69, 9.17) is 0 Å². The number of rotatable bonds is 7. The Hall–Kier alpha value is -0.0800. The van der Waals surface area contributed by atoms with E-state index in [2.05, 4.69) is 38.0 Å². The molecule has 1 N–H and O–H groups in total. The highest BCUT2D eigenvalue weighted by Crippen LogP contribution is 2.27. The van der Waals surface area contributed by atoms with Crippen LogP contribution in [0.1, 0.15) is 59.3 Å². The van der Waals surface area contributed by atoms with Crippen LogP contribution in [0.25, 0.3) is 0 Å². The third-order valence-electron chi connectivity index (χ3n) is 4.23. The lowest BCUT2D eigenvalue weighted by Gasteiger charge is -2.41. The summed E-state index contributed by atoms with van der Waals surface area (Å²) in [6, 6.07) is 1.48. The van der Waals surface area contributed by atoms with Gasteiger partial charge in [0.2, 0.25) is 0 Å². The molecule has 0 heterocycles. The second-order valence-corrected chi connectivity index (χ2v) is 5.84. The molecule has 102 valence electrons. The zero-order chi connectivity index (χ0) is 12.7. The molecule has 0 amide bonds. The van der Waals surface area contributed by atoms with Crippen molar-refractivity contribution in [3.8, 4) is 0 Å². The van der Waals surface area contributed by atoms with Gasteiger partial charge in [-0.25, -0.2) is 0 Å². The average molecular weight is 240 g/mol. The molecule has 1 fully saturated rings. The maximum absolute atomic E-state index is 3.68. The molecule has 17 heavy (non-hydrogen) atoms. The summed E-state index contributed by atoms with van der Waals surface area (Å²) >= 11 is 0. The molecule has 1 aliphatic carbocycles. The van der Waals surface area contributed by atoms with Crippen molar-refractivity contribution < 1.29 is 0 Å². The molecule has 2 heteroatoms. The van der Waals surface area contributed by atoms with Gasteiger partial charge in [-0.2, -0.15) is 0 Å². The van der Waals surface area contributed by atoms with Gasteiger partial charge < -0.3 is 10.2 Å². The van der Waals surface area contributed by atoms with E-state index in [0.717, 1.165) is 24.5 Å². The number of nitrogens with one attached hydrogen (secondary N) is 1. The fourth-order valence-corrected chi connectivity index (χ4v) is 3.12. The van der Waals surface area contributed by atoms with Gasteiger partial charge in [0.05, 0.1) is 0 Å². The van der Waals surface area contributed by atoms with Crippen molar-refractivity contribution in [2.45, 2.75) is 71.4 Å². The van der Waals surface area contributed by atoms with E-state index in [1.807, 2.05) is 0 Å². The van der Waals surface area contributed by atoms with E-state index < -0.39 is 0 Å². The number of hydrogen-bond donors (Lipinski definition) is 1. The van der Waals surface area contributed by atoms with Gasteiger partial charge in [0.1, 0.15) is 0 Å². The lowest BCUT2D eigenvalue weighted by molar-refractivity contribution is 0.124. The minimum Gasteiger partial charge on any atom is -0.313 e. The third kappa shape index (κ3) is 4.97. The third-order valence-corrected chi connectivity index (χ3v) is 4.23. The predicted molar refractivity (Wildman–Crippen MR) is 76.4 cm³/mol. The van der Waals surface area contributed by atoms with Crippen molar-refractivity contribution in [3.63, 3.8) is 0 Å². The summed E-state index contributed by atoms with van der Waals surface area (Å²) < 4.78 is 0. The number of nitrogens with zero attached hydrogens (tertiary/aromatic N) is 1. The van der Waals surface area contributed by atoms with Crippen LogP contribution in [-0.2, 0) is 0 Å². The topological polar surface area (TPSA) is 15.3 Å². The molecule has 0 aromatic rings. The molecule has 1 saturated carbocycles. The first-order valence-electron chi connectivity index (χ1n) is 7.62. The molecule has 2 nitrogen and oxygen atoms in total. The average Bonchev–Trinajstić information content (AvgIpc) is 2.32. The number of unbranched alkanes of at least 4 members (excludes halogenated alkanes) is 2. The molecule has 0 bridgehead atoms. The van der Waals surface area contributed by atoms with E-state index in [0.29, 0.717) is 0 Å². The van der Waals surface area contributed by atoms with Crippen LogP contribution in [0.4, 0.5) is 0 Å². The molecule has 1 aliphatic rings. The molecule has 3 atom stereocenters. The summed E-state index contributed by atoms with van der Waals surface area (Å²) in [4.78, 5) is 2.61. The highest BCUT2D eigenvalue weighted by Gasteiger charge is 2.30. The summed E-state index contributed by atoms with van der Waals surface area (Å²) in [7, 11) is 2.32. The number of hydrogen-bond acceptors (Lipinski definition) is 2. The van der Waals surface area contributed by atoms with E-state index in [-0.39, 0.29) is 0 Å². The summed E-state index contributed by atoms with van der Waals surface area (Å²) in [5.74, 6) is 0.906.